The van der Waals surface area contributed by atoms with E-state index in [0.717, 1.165) is 11.3 Å². The molecule has 1 atom stereocenters. The molecule has 0 aliphatic heterocycles. The molecule has 0 saturated carbocycles. The Bertz CT molecular complexity index is 680. The lowest BCUT2D eigenvalue weighted by atomic mass is 10.1. The van der Waals surface area contributed by atoms with Crippen LogP contribution in [0.4, 0.5) is 0 Å². The molecule has 2 aromatic rings. The first-order valence-electron chi connectivity index (χ1n) is 8.17. The Morgan fingerprint density at radius 2 is 1.67 bits per heavy atom. The van der Waals surface area contributed by atoms with Crippen molar-refractivity contribution in [1.82, 2.24) is 5.32 Å². The molecule has 24 heavy (non-hydrogen) atoms. The topological polar surface area (TPSA) is 47.6 Å². The summed E-state index contributed by atoms with van der Waals surface area (Å²) in [6, 6.07) is 13.6. The van der Waals surface area contributed by atoms with E-state index in [0.29, 0.717) is 18.9 Å². The van der Waals surface area contributed by atoms with Gasteiger partial charge in [-0.05, 0) is 63.1 Å². The molecule has 1 N–H and O–H groups in total. The standard InChI is InChI=1S/C20H25NO3/c1-14-5-8-18(9-6-14)24-17(4)20(22)21-11-12-23-19-10-7-15(2)16(3)13-19/h5-10,13,17H,11-12H2,1-4H3,(H,21,22)/t17-/m0/s1. The fourth-order valence-corrected chi connectivity index (χ4v) is 2.17. The molecule has 0 aromatic heterocycles. The Morgan fingerprint density at radius 3 is 2.33 bits per heavy atom. The SMILES string of the molecule is Cc1ccc(O[C@@H](C)C(=O)NCCOc2ccc(C)c(C)c2)cc1. The van der Waals surface area contributed by atoms with Crippen LogP contribution in [0, 0.1) is 20.8 Å². The van der Waals surface area contributed by atoms with E-state index in [9.17, 15) is 4.79 Å². The Kier molecular flexibility index (Phi) is 6.24. The molecule has 0 aliphatic rings. The number of amides is 1. The third-order valence-electron chi connectivity index (χ3n) is 3.85. The molecule has 0 radical (unpaired) electrons. The zero-order chi connectivity index (χ0) is 17.5. The minimum absolute atomic E-state index is 0.153. The van der Waals surface area contributed by atoms with Crippen molar-refractivity contribution >= 4 is 5.91 Å². The smallest absolute Gasteiger partial charge is 0.260 e. The van der Waals surface area contributed by atoms with Crippen molar-refractivity contribution < 1.29 is 14.3 Å². The van der Waals surface area contributed by atoms with Gasteiger partial charge in [-0.2, -0.15) is 0 Å². The van der Waals surface area contributed by atoms with Gasteiger partial charge in [0.05, 0.1) is 6.54 Å². The van der Waals surface area contributed by atoms with E-state index < -0.39 is 6.10 Å². The third-order valence-corrected chi connectivity index (χ3v) is 3.85. The van der Waals surface area contributed by atoms with Gasteiger partial charge in [0.15, 0.2) is 6.10 Å². The molecule has 0 aliphatic carbocycles. The quantitative estimate of drug-likeness (QED) is 0.791. The first-order chi connectivity index (χ1) is 11.5. The van der Waals surface area contributed by atoms with Crippen LogP contribution in [-0.2, 0) is 4.79 Å². The van der Waals surface area contributed by atoms with Crippen molar-refractivity contribution in [2.24, 2.45) is 0 Å². The molecule has 2 rings (SSSR count). The summed E-state index contributed by atoms with van der Waals surface area (Å²) in [6.45, 7) is 8.72. The van der Waals surface area contributed by atoms with Gasteiger partial charge in [-0.25, -0.2) is 0 Å². The lowest BCUT2D eigenvalue weighted by Crippen LogP contribution is -2.38. The van der Waals surface area contributed by atoms with Crippen LogP contribution in [-0.4, -0.2) is 25.2 Å². The summed E-state index contributed by atoms with van der Waals surface area (Å²) in [5.41, 5.74) is 3.58. The van der Waals surface area contributed by atoms with Crippen molar-refractivity contribution in [2.75, 3.05) is 13.2 Å². The van der Waals surface area contributed by atoms with Gasteiger partial charge in [-0.3, -0.25) is 4.79 Å². The van der Waals surface area contributed by atoms with Gasteiger partial charge in [0.25, 0.3) is 5.91 Å². The summed E-state index contributed by atoms with van der Waals surface area (Å²) in [5.74, 6) is 1.35. The molecule has 4 heteroatoms. The van der Waals surface area contributed by atoms with Crippen molar-refractivity contribution in [3.8, 4) is 11.5 Å². The van der Waals surface area contributed by atoms with E-state index in [1.807, 2.05) is 56.3 Å². The molecule has 2 aromatic carbocycles. The van der Waals surface area contributed by atoms with Gasteiger partial charge < -0.3 is 14.8 Å². The molecule has 0 unspecified atom stereocenters. The average Bonchev–Trinajstić information content (AvgIpc) is 2.56. The Morgan fingerprint density at radius 1 is 1.00 bits per heavy atom. The number of carbonyl (C=O) groups excluding carboxylic acids is 1. The predicted octanol–water partition coefficient (Wildman–Crippen LogP) is 3.57. The van der Waals surface area contributed by atoms with Crippen LogP contribution in [0.25, 0.3) is 0 Å². The highest BCUT2D eigenvalue weighted by atomic mass is 16.5. The lowest BCUT2D eigenvalue weighted by Gasteiger charge is -2.15. The largest absolute Gasteiger partial charge is 0.492 e. The van der Waals surface area contributed by atoms with Gasteiger partial charge in [-0.15, -0.1) is 0 Å². The second-order valence-electron chi connectivity index (χ2n) is 5.96. The molecule has 0 fully saturated rings. The normalized spacial score (nSPS) is 11.7. The minimum Gasteiger partial charge on any atom is -0.492 e. The Balaban J connectivity index is 1.72. The van der Waals surface area contributed by atoms with Crippen LogP contribution in [0.3, 0.4) is 0 Å². The summed E-state index contributed by atoms with van der Waals surface area (Å²) < 4.78 is 11.3. The monoisotopic (exact) mass is 327 g/mol. The number of nitrogens with one attached hydrogen (secondary N) is 1. The fraction of sp³-hybridized carbons (Fsp3) is 0.350. The number of rotatable bonds is 7. The predicted molar refractivity (Wildman–Crippen MR) is 95.7 cm³/mol. The number of aryl methyl sites for hydroxylation is 3. The molecule has 128 valence electrons. The molecular formula is C20H25NO3. The van der Waals surface area contributed by atoms with Gasteiger partial charge in [0.2, 0.25) is 0 Å². The minimum atomic E-state index is -0.547. The second kappa shape index (κ2) is 8.39. The van der Waals surface area contributed by atoms with Gasteiger partial charge >= 0.3 is 0 Å². The summed E-state index contributed by atoms with van der Waals surface area (Å²) in [7, 11) is 0. The first kappa shape index (κ1) is 17.9. The molecule has 0 spiro atoms. The average molecular weight is 327 g/mol. The highest BCUT2D eigenvalue weighted by Crippen LogP contribution is 2.16. The fourth-order valence-electron chi connectivity index (χ4n) is 2.17. The van der Waals surface area contributed by atoms with Crippen molar-refractivity contribution in [1.29, 1.82) is 0 Å². The zero-order valence-corrected chi connectivity index (χ0v) is 14.8. The molecular weight excluding hydrogens is 302 g/mol. The van der Waals surface area contributed by atoms with Crippen LogP contribution in [0.2, 0.25) is 0 Å². The van der Waals surface area contributed by atoms with Crippen molar-refractivity contribution in [2.45, 2.75) is 33.8 Å². The maximum absolute atomic E-state index is 12.0. The van der Waals surface area contributed by atoms with Crippen LogP contribution in [0.1, 0.15) is 23.6 Å². The number of ether oxygens (including phenoxy) is 2. The van der Waals surface area contributed by atoms with E-state index in [1.165, 1.54) is 11.1 Å². The maximum atomic E-state index is 12.0. The van der Waals surface area contributed by atoms with Crippen LogP contribution in [0.15, 0.2) is 42.5 Å². The highest BCUT2D eigenvalue weighted by molar-refractivity contribution is 5.80. The number of carbonyl (C=O) groups is 1. The number of hydrogen-bond donors (Lipinski definition) is 1. The molecule has 0 bridgehead atoms. The van der Waals surface area contributed by atoms with E-state index in [1.54, 1.807) is 6.92 Å². The van der Waals surface area contributed by atoms with E-state index in [4.69, 9.17) is 9.47 Å². The van der Waals surface area contributed by atoms with Crippen molar-refractivity contribution in [3.05, 3.63) is 59.2 Å². The van der Waals surface area contributed by atoms with E-state index in [2.05, 4.69) is 12.2 Å². The second-order valence-corrected chi connectivity index (χ2v) is 5.96. The zero-order valence-electron chi connectivity index (χ0n) is 14.8. The Hall–Kier alpha value is -2.49. The van der Waals surface area contributed by atoms with Gasteiger partial charge in [0, 0.05) is 0 Å². The highest BCUT2D eigenvalue weighted by Gasteiger charge is 2.13. The maximum Gasteiger partial charge on any atom is 0.260 e. The molecule has 1 amide bonds. The first-order valence-corrected chi connectivity index (χ1v) is 8.17. The van der Waals surface area contributed by atoms with Crippen LogP contribution < -0.4 is 14.8 Å². The van der Waals surface area contributed by atoms with E-state index in [-0.39, 0.29) is 5.91 Å². The lowest BCUT2D eigenvalue weighted by molar-refractivity contribution is -0.127. The van der Waals surface area contributed by atoms with Crippen molar-refractivity contribution in [3.63, 3.8) is 0 Å². The summed E-state index contributed by atoms with van der Waals surface area (Å²) in [6.07, 6.45) is -0.547. The Labute approximate surface area is 143 Å². The summed E-state index contributed by atoms with van der Waals surface area (Å²) >= 11 is 0. The molecule has 0 heterocycles. The third kappa shape index (κ3) is 5.30. The van der Waals surface area contributed by atoms with E-state index >= 15 is 0 Å². The molecule has 4 nitrogen and oxygen atoms in total. The van der Waals surface area contributed by atoms with Crippen LogP contribution in [0.5, 0.6) is 11.5 Å². The van der Waals surface area contributed by atoms with Gasteiger partial charge in [0.1, 0.15) is 18.1 Å². The summed E-state index contributed by atoms with van der Waals surface area (Å²) in [4.78, 5) is 12.0. The number of hydrogen-bond acceptors (Lipinski definition) is 3. The van der Waals surface area contributed by atoms with Gasteiger partial charge in [-0.1, -0.05) is 23.8 Å². The van der Waals surface area contributed by atoms with Crippen LogP contribution >= 0.6 is 0 Å². The molecule has 0 saturated heterocycles. The number of benzene rings is 2. The summed E-state index contributed by atoms with van der Waals surface area (Å²) in [5, 5.41) is 2.82.